The maximum atomic E-state index is 12.8. The summed E-state index contributed by atoms with van der Waals surface area (Å²) in [6.45, 7) is 1.04. The SMILES string of the molecule is CC1CC(=O)Nc2ccccc2N1C(=O)COC(=O)c1cc(Cl)ccc1[N+](=O)[O-]. The summed E-state index contributed by atoms with van der Waals surface area (Å²) in [5.74, 6) is -1.86. The first-order chi connectivity index (χ1) is 13.8. The van der Waals surface area contributed by atoms with E-state index >= 15 is 0 Å². The molecule has 3 rings (SSSR count). The van der Waals surface area contributed by atoms with Gasteiger partial charge in [-0.3, -0.25) is 19.7 Å². The van der Waals surface area contributed by atoms with Crippen LogP contribution in [0.2, 0.25) is 5.02 Å². The summed E-state index contributed by atoms with van der Waals surface area (Å²) in [5, 5.41) is 14.0. The number of fused-ring (bicyclic) bond motifs is 1. The Morgan fingerprint density at radius 2 is 2.03 bits per heavy atom. The van der Waals surface area contributed by atoms with E-state index in [1.807, 2.05) is 0 Å². The first kappa shape index (κ1) is 20.3. The number of carbonyl (C=O) groups excluding carboxylic acids is 3. The van der Waals surface area contributed by atoms with Crippen LogP contribution in [0.15, 0.2) is 42.5 Å². The number of amides is 2. The lowest BCUT2D eigenvalue weighted by Crippen LogP contribution is -2.41. The van der Waals surface area contributed by atoms with Crippen molar-refractivity contribution in [2.75, 3.05) is 16.8 Å². The van der Waals surface area contributed by atoms with Crippen LogP contribution in [0, 0.1) is 10.1 Å². The molecule has 2 aromatic rings. The van der Waals surface area contributed by atoms with Crippen LogP contribution in [-0.2, 0) is 14.3 Å². The minimum absolute atomic E-state index is 0.0636. The molecule has 1 N–H and O–H groups in total. The van der Waals surface area contributed by atoms with Crippen molar-refractivity contribution in [3.63, 3.8) is 0 Å². The summed E-state index contributed by atoms with van der Waals surface area (Å²) in [6.07, 6.45) is 0.0636. The van der Waals surface area contributed by atoms with Crippen molar-refractivity contribution in [1.29, 1.82) is 0 Å². The van der Waals surface area contributed by atoms with Crippen molar-refractivity contribution >= 4 is 46.4 Å². The third-order valence-electron chi connectivity index (χ3n) is 4.33. The van der Waals surface area contributed by atoms with Crippen molar-refractivity contribution < 1.29 is 24.0 Å². The number of benzene rings is 2. The van der Waals surface area contributed by atoms with E-state index in [9.17, 15) is 24.5 Å². The van der Waals surface area contributed by atoms with Gasteiger partial charge in [-0.05, 0) is 31.2 Å². The molecule has 0 radical (unpaired) electrons. The number of para-hydroxylation sites is 2. The summed E-state index contributed by atoms with van der Waals surface area (Å²) < 4.78 is 5.02. The van der Waals surface area contributed by atoms with Gasteiger partial charge in [0.15, 0.2) is 6.61 Å². The monoisotopic (exact) mass is 417 g/mol. The summed E-state index contributed by atoms with van der Waals surface area (Å²) in [7, 11) is 0. The molecule has 10 heteroatoms. The highest BCUT2D eigenvalue weighted by atomic mass is 35.5. The van der Waals surface area contributed by atoms with Gasteiger partial charge in [0.2, 0.25) is 5.91 Å². The number of nitrogens with zero attached hydrogens (tertiary/aromatic N) is 2. The van der Waals surface area contributed by atoms with E-state index in [0.29, 0.717) is 11.4 Å². The standard InChI is InChI=1S/C19H16ClN3O6/c1-11-8-17(24)21-14-4-2-3-5-16(14)22(11)18(25)10-29-19(26)13-9-12(20)6-7-15(13)23(27)28/h2-7,9,11H,8,10H2,1H3,(H,21,24). The number of carbonyl (C=O) groups is 3. The number of esters is 1. The molecule has 0 aliphatic carbocycles. The molecule has 0 fully saturated rings. The third-order valence-corrected chi connectivity index (χ3v) is 4.56. The van der Waals surface area contributed by atoms with Crippen LogP contribution >= 0.6 is 11.6 Å². The largest absolute Gasteiger partial charge is 0.452 e. The highest BCUT2D eigenvalue weighted by Gasteiger charge is 2.31. The predicted octanol–water partition coefficient (Wildman–Crippen LogP) is 3.17. The molecule has 1 heterocycles. The zero-order valence-corrected chi connectivity index (χ0v) is 16.0. The molecular formula is C19H16ClN3O6. The molecule has 0 bridgehead atoms. The van der Waals surface area contributed by atoms with Crippen molar-refractivity contribution in [3.05, 3.63) is 63.2 Å². The van der Waals surface area contributed by atoms with Crippen LogP contribution < -0.4 is 10.2 Å². The zero-order valence-electron chi connectivity index (χ0n) is 15.3. The second-order valence-corrected chi connectivity index (χ2v) is 6.81. The minimum atomic E-state index is -1.04. The fourth-order valence-corrected chi connectivity index (χ4v) is 3.25. The van der Waals surface area contributed by atoms with Crippen molar-refractivity contribution in [3.8, 4) is 0 Å². The van der Waals surface area contributed by atoms with Crippen LogP contribution in [0.3, 0.4) is 0 Å². The lowest BCUT2D eigenvalue weighted by atomic mass is 10.1. The molecule has 0 saturated heterocycles. The van der Waals surface area contributed by atoms with Crippen molar-refractivity contribution in [2.24, 2.45) is 0 Å². The molecular weight excluding hydrogens is 402 g/mol. The van der Waals surface area contributed by atoms with Gasteiger partial charge in [0.25, 0.3) is 11.6 Å². The van der Waals surface area contributed by atoms with E-state index in [4.69, 9.17) is 16.3 Å². The Balaban J connectivity index is 1.81. The lowest BCUT2D eigenvalue weighted by molar-refractivity contribution is -0.385. The second-order valence-electron chi connectivity index (χ2n) is 6.38. The van der Waals surface area contributed by atoms with Crippen LogP contribution in [0.5, 0.6) is 0 Å². The smallest absolute Gasteiger partial charge is 0.345 e. The number of ether oxygens (including phenoxy) is 1. The molecule has 2 aromatic carbocycles. The molecule has 29 heavy (non-hydrogen) atoms. The Hall–Kier alpha value is -3.46. The highest BCUT2D eigenvalue weighted by Crippen LogP contribution is 2.31. The summed E-state index contributed by atoms with van der Waals surface area (Å²) in [6, 6.07) is 9.75. The number of halogens is 1. The normalized spacial score (nSPS) is 15.7. The number of nitrogens with one attached hydrogen (secondary N) is 1. The molecule has 1 unspecified atom stereocenters. The van der Waals surface area contributed by atoms with E-state index in [2.05, 4.69) is 5.32 Å². The van der Waals surface area contributed by atoms with Gasteiger partial charge in [-0.25, -0.2) is 4.79 Å². The number of nitro benzene ring substituents is 1. The summed E-state index contributed by atoms with van der Waals surface area (Å²) in [4.78, 5) is 48.9. The number of hydrogen-bond donors (Lipinski definition) is 1. The molecule has 2 amide bonds. The van der Waals surface area contributed by atoms with Crippen LogP contribution in [0.4, 0.5) is 17.1 Å². The topological polar surface area (TPSA) is 119 Å². The average molecular weight is 418 g/mol. The van der Waals surface area contributed by atoms with E-state index in [1.54, 1.807) is 31.2 Å². The Bertz CT molecular complexity index is 1010. The Labute approximate surface area is 170 Å². The fourth-order valence-electron chi connectivity index (χ4n) is 3.07. The van der Waals surface area contributed by atoms with Gasteiger partial charge in [0.1, 0.15) is 5.56 Å². The Morgan fingerprint density at radius 3 is 2.76 bits per heavy atom. The molecule has 150 valence electrons. The molecule has 0 spiro atoms. The molecule has 9 nitrogen and oxygen atoms in total. The number of hydrogen-bond acceptors (Lipinski definition) is 6. The number of nitro groups is 1. The third kappa shape index (κ3) is 4.35. The van der Waals surface area contributed by atoms with Crippen molar-refractivity contribution in [1.82, 2.24) is 0 Å². The Kier molecular flexibility index (Phi) is 5.79. The van der Waals surface area contributed by atoms with Crippen LogP contribution in [0.25, 0.3) is 0 Å². The molecule has 1 aliphatic rings. The number of rotatable bonds is 4. The molecule has 0 aromatic heterocycles. The lowest BCUT2D eigenvalue weighted by Gasteiger charge is -2.27. The Morgan fingerprint density at radius 1 is 1.31 bits per heavy atom. The van der Waals surface area contributed by atoms with Gasteiger partial charge in [0.05, 0.1) is 16.3 Å². The fraction of sp³-hybridized carbons (Fsp3) is 0.211. The first-order valence-corrected chi connectivity index (χ1v) is 8.97. The maximum absolute atomic E-state index is 12.8. The maximum Gasteiger partial charge on any atom is 0.345 e. The molecule has 1 aliphatic heterocycles. The number of anilines is 2. The first-order valence-electron chi connectivity index (χ1n) is 8.60. The average Bonchev–Trinajstić information content (AvgIpc) is 2.79. The van der Waals surface area contributed by atoms with E-state index in [0.717, 1.165) is 12.1 Å². The van der Waals surface area contributed by atoms with Gasteiger partial charge in [-0.15, -0.1) is 0 Å². The van der Waals surface area contributed by atoms with E-state index in [-0.39, 0.29) is 22.9 Å². The second kappa shape index (κ2) is 8.27. The van der Waals surface area contributed by atoms with E-state index < -0.39 is 35.1 Å². The van der Waals surface area contributed by atoms with Gasteiger partial charge in [-0.1, -0.05) is 23.7 Å². The predicted molar refractivity (Wildman–Crippen MR) is 105 cm³/mol. The highest BCUT2D eigenvalue weighted by molar-refractivity contribution is 6.31. The van der Waals surface area contributed by atoms with Crippen molar-refractivity contribution in [2.45, 2.75) is 19.4 Å². The molecule has 0 saturated carbocycles. The van der Waals surface area contributed by atoms with Gasteiger partial charge >= 0.3 is 5.97 Å². The van der Waals surface area contributed by atoms with Crippen LogP contribution in [-0.4, -0.2) is 35.4 Å². The summed E-state index contributed by atoms with van der Waals surface area (Å²) in [5.41, 5.74) is 0.110. The van der Waals surface area contributed by atoms with Crippen LogP contribution in [0.1, 0.15) is 23.7 Å². The minimum Gasteiger partial charge on any atom is -0.452 e. The van der Waals surface area contributed by atoms with E-state index in [1.165, 1.54) is 11.0 Å². The zero-order chi connectivity index (χ0) is 21.1. The molecule has 1 atom stereocenters. The van der Waals surface area contributed by atoms with Gasteiger partial charge in [0, 0.05) is 23.6 Å². The van der Waals surface area contributed by atoms with Gasteiger partial charge < -0.3 is 15.0 Å². The quantitative estimate of drug-likeness (QED) is 0.463. The van der Waals surface area contributed by atoms with Gasteiger partial charge in [-0.2, -0.15) is 0 Å². The summed E-state index contributed by atoms with van der Waals surface area (Å²) >= 11 is 5.81.